The fourth-order valence-corrected chi connectivity index (χ4v) is 4.21. The Morgan fingerprint density at radius 2 is 2.10 bits per heavy atom. The minimum atomic E-state index is -0.643. The van der Waals surface area contributed by atoms with Crippen LogP contribution in [0.5, 0.6) is 0 Å². The Hall–Kier alpha value is -0.830. The van der Waals surface area contributed by atoms with E-state index in [9.17, 15) is 9.90 Å². The number of esters is 1. The summed E-state index contributed by atoms with van der Waals surface area (Å²) in [4.78, 5) is 11.3. The molecule has 2 saturated carbocycles. The van der Waals surface area contributed by atoms with E-state index in [0.717, 1.165) is 32.1 Å². The maximum absolute atomic E-state index is 11.3. The Labute approximate surface area is 122 Å². The lowest BCUT2D eigenvalue weighted by Crippen LogP contribution is -2.51. The molecule has 2 aliphatic carbocycles. The third-order valence-electron chi connectivity index (χ3n) is 5.61. The van der Waals surface area contributed by atoms with Gasteiger partial charge in [-0.3, -0.25) is 4.79 Å². The maximum Gasteiger partial charge on any atom is 0.302 e. The maximum atomic E-state index is 11.3. The Bertz CT molecular complexity index is 407. The van der Waals surface area contributed by atoms with Crippen LogP contribution in [0.25, 0.3) is 0 Å². The zero-order valence-corrected chi connectivity index (χ0v) is 13.2. The van der Waals surface area contributed by atoms with Gasteiger partial charge in [-0.1, -0.05) is 19.1 Å². The molecule has 114 valence electrons. The fraction of sp³-hybridized carbons (Fsp3) is 0.824. The zero-order chi connectivity index (χ0) is 15.1. The van der Waals surface area contributed by atoms with Gasteiger partial charge in [-0.2, -0.15) is 0 Å². The molecule has 3 heteroatoms. The summed E-state index contributed by atoms with van der Waals surface area (Å²) in [7, 11) is 0. The molecular formula is C17H28O3. The molecule has 0 aliphatic heterocycles. The summed E-state index contributed by atoms with van der Waals surface area (Å²) in [5.74, 6) is 0.464. The minimum absolute atomic E-state index is 0.00162. The summed E-state index contributed by atoms with van der Waals surface area (Å²) in [5.41, 5.74) is 0.614. The van der Waals surface area contributed by atoms with E-state index in [4.69, 9.17) is 4.74 Å². The first kappa shape index (κ1) is 15.6. The molecule has 2 fully saturated rings. The average Bonchev–Trinajstić information content (AvgIpc) is 2.31. The highest BCUT2D eigenvalue weighted by Gasteiger charge is 2.51. The molecule has 1 N–H and O–H groups in total. The highest BCUT2D eigenvalue weighted by molar-refractivity contribution is 5.66. The number of fused-ring (bicyclic) bond motifs is 1. The van der Waals surface area contributed by atoms with Crippen LogP contribution < -0.4 is 0 Å². The summed E-state index contributed by atoms with van der Waals surface area (Å²) >= 11 is 0. The summed E-state index contributed by atoms with van der Waals surface area (Å²) in [6.45, 7) is 11.8. The van der Waals surface area contributed by atoms with Gasteiger partial charge in [-0.05, 0) is 57.8 Å². The molecule has 0 aromatic heterocycles. The molecular weight excluding hydrogens is 252 g/mol. The van der Waals surface area contributed by atoms with Gasteiger partial charge < -0.3 is 9.84 Å². The molecule has 4 atom stereocenters. The van der Waals surface area contributed by atoms with E-state index in [2.05, 4.69) is 13.5 Å². The summed E-state index contributed by atoms with van der Waals surface area (Å²) in [5, 5.41) is 10.3. The number of hydrogen-bond donors (Lipinski definition) is 1. The lowest BCUT2D eigenvalue weighted by atomic mass is 9.54. The largest absolute Gasteiger partial charge is 0.462 e. The van der Waals surface area contributed by atoms with Crippen LogP contribution in [0.3, 0.4) is 0 Å². The first-order chi connectivity index (χ1) is 9.14. The summed E-state index contributed by atoms with van der Waals surface area (Å²) in [6.07, 6.45) is 4.75. The molecule has 2 aliphatic rings. The van der Waals surface area contributed by atoms with E-state index >= 15 is 0 Å². The van der Waals surface area contributed by atoms with Crippen LogP contribution in [-0.2, 0) is 9.53 Å². The van der Waals surface area contributed by atoms with E-state index in [-0.39, 0.29) is 17.5 Å². The molecule has 2 rings (SSSR count). The van der Waals surface area contributed by atoms with Crippen molar-refractivity contribution in [1.29, 1.82) is 0 Å². The molecule has 0 amide bonds. The van der Waals surface area contributed by atoms with E-state index in [1.165, 1.54) is 12.5 Å². The van der Waals surface area contributed by atoms with E-state index in [0.29, 0.717) is 11.8 Å². The molecule has 0 saturated heterocycles. The topological polar surface area (TPSA) is 46.5 Å². The SMILES string of the molecule is C=C1CC[C@@H](OC(C)=O)[C@]2(C)CC[C@@H](C(C)(C)O)C[C@@H]12. The van der Waals surface area contributed by atoms with Crippen molar-refractivity contribution in [3.8, 4) is 0 Å². The number of hydrogen-bond acceptors (Lipinski definition) is 3. The van der Waals surface area contributed by atoms with E-state index in [1.807, 2.05) is 13.8 Å². The molecule has 0 radical (unpaired) electrons. The predicted molar refractivity (Wildman–Crippen MR) is 79.2 cm³/mol. The number of carbonyl (C=O) groups excluding carboxylic acids is 1. The Kier molecular flexibility index (Phi) is 4.03. The van der Waals surface area contributed by atoms with Crippen molar-refractivity contribution >= 4 is 5.97 Å². The normalized spacial score (nSPS) is 38.2. The fourth-order valence-electron chi connectivity index (χ4n) is 4.21. The van der Waals surface area contributed by atoms with Gasteiger partial charge in [-0.25, -0.2) is 0 Å². The predicted octanol–water partition coefficient (Wildman–Crippen LogP) is 3.46. The second kappa shape index (κ2) is 5.18. The van der Waals surface area contributed by atoms with Gasteiger partial charge in [-0.15, -0.1) is 0 Å². The van der Waals surface area contributed by atoms with Gasteiger partial charge >= 0.3 is 5.97 Å². The van der Waals surface area contributed by atoms with Gasteiger partial charge in [0.1, 0.15) is 6.10 Å². The quantitative estimate of drug-likeness (QED) is 0.622. The lowest BCUT2D eigenvalue weighted by Gasteiger charge is -2.53. The zero-order valence-electron chi connectivity index (χ0n) is 13.2. The molecule has 0 spiro atoms. The second-order valence-corrected chi connectivity index (χ2v) is 7.48. The van der Waals surface area contributed by atoms with Crippen LogP contribution in [0.4, 0.5) is 0 Å². The summed E-state index contributed by atoms with van der Waals surface area (Å²) < 4.78 is 5.59. The van der Waals surface area contributed by atoms with Crippen LogP contribution in [0.1, 0.15) is 59.8 Å². The summed E-state index contributed by atoms with van der Waals surface area (Å²) in [6, 6.07) is 0. The highest BCUT2D eigenvalue weighted by Crippen LogP contribution is 2.55. The lowest BCUT2D eigenvalue weighted by molar-refractivity contribution is -0.163. The van der Waals surface area contributed by atoms with E-state index in [1.54, 1.807) is 0 Å². The Morgan fingerprint density at radius 1 is 1.45 bits per heavy atom. The van der Waals surface area contributed by atoms with Crippen LogP contribution in [-0.4, -0.2) is 22.8 Å². The van der Waals surface area contributed by atoms with Gasteiger partial charge in [0.25, 0.3) is 0 Å². The van der Waals surface area contributed by atoms with Gasteiger partial charge in [0.05, 0.1) is 5.60 Å². The van der Waals surface area contributed by atoms with Gasteiger partial charge in [0.2, 0.25) is 0 Å². The number of carbonyl (C=O) groups is 1. The first-order valence-corrected chi connectivity index (χ1v) is 7.72. The van der Waals surface area contributed by atoms with Crippen molar-refractivity contribution in [2.75, 3.05) is 0 Å². The monoisotopic (exact) mass is 280 g/mol. The standard InChI is InChI=1S/C17H28O3/c1-11-6-7-15(20-12(2)18)17(5)9-8-13(10-14(11)17)16(3,4)19/h13-15,19H,1,6-10H2,2-5H3/t13-,14+,15-,17-/m1/s1. The molecule has 0 aromatic carbocycles. The van der Waals surface area contributed by atoms with Gasteiger partial charge in [0, 0.05) is 12.3 Å². The third kappa shape index (κ3) is 2.78. The Morgan fingerprint density at radius 3 is 2.65 bits per heavy atom. The van der Waals surface area contributed by atoms with Crippen LogP contribution in [0.15, 0.2) is 12.2 Å². The molecule has 0 aromatic rings. The second-order valence-electron chi connectivity index (χ2n) is 7.48. The van der Waals surface area contributed by atoms with Crippen LogP contribution >= 0.6 is 0 Å². The molecule has 0 heterocycles. The number of aliphatic hydroxyl groups is 1. The molecule has 0 bridgehead atoms. The smallest absolute Gasteiger partial charge is 0.302 e. The highest BCUT2D eigenvalue weighted by atomic mass is 16.5. The number of ether oxygens (including phenoxy) is 1. The number of allylic oxidation sites excluding steroid dienone is 1. The van der Waals surface area contributed by atoms with Crippen molar-refractivity contribution in [2.24, 2.45) is 17.3 Å². The van der Waals surface area contributed by atoms with E-state index < -0.39 is 5.60 Å². The van der Waals surface area contributed by atoms with Crippen molar-refractivity contribution in [2.45, 2.75) is 71.5 Å². The van der Waals surface area contributed by atoms with Crippen LogP contribution in [0.2, 0.25) is 0 Å². The van der Waals surface area contributed by atoms with Gasteiger partial charge in [0.15, 0.2) is 0 Å². The average molecular weight is 280 g/mol. The van der Waals surface area contributed by atoms with Crippen molar-refractivity contribution in [1.82, 2.24) is 0 Å². The van der Waals surface area contributed by atoms with Crippen molar-refractivity contribution in [3.63, 3.8) is 0 Å². The van der Waals surface area contributed by atoms with Crippen LogP contribution in [0, 0.1) is 17.3 Å². The number of rotatable bonds is 2. The Balaban J connectivity index is 2.22. The molecule has 3 nitrogen and oxygen atoms in total. The third-order valence-corrected chi connectivity index (χ3v) is 5.61. The molecule has 0 unspecified atom stereocenters. The van der Waals surface area contributed by atoms with Crippen molar-refractivity contribution < 1.29 is 14.6 Å². The molecule has 20 heavy (non-hydrogen) atoms. The minimum Gasteiger partial charge on any atom is -0.462 e. The van der Waals surface area contributed by atoms with Crippen molar-refractivity contribution in [3.05, 3.63) is 12.2 Å². The first-order valence-electron chi connectivity index (χ1n) is 7.72.